The number of hydrogen-bond donors (Lipinski definition) is 1. The lowest BCUT2D eigenvalue weighted by molar-refractivity contribution is -0.137. The number of aromatic nitrogens is 3. The molecule has 6 rings (SSSR count). The predicted molar refractivity (Wildman–Crippen MR) is 188 cm³/mol. The number of fused-ring (bicyclic) bond motifs is 2. The molecule has 0 bridgehead atoms. The number of anilines is 1. The van der Waals surface area contributed by atoms with Gasteiger partial charge < -0.3 is 24.4 Å². The first-order valence-corrected chi connectivity index (χ1v) is 17.0. The number of nitriles is 1. The number of hydrogen-bond acceptors (Lipinski definition) is 10. The number of ether oxygens (including phenoxy) is 2. The van der Waals surface area contributed by atoms with Crippen LogP contribution in [0, 0.1) is 25.2 Å². The molecule has 2 aromatic carbocycles. The van der Waals surface area contributed by atoms with Crippen LogP contribution < -0.4 is 15.2 Å². The van der Waals surface area contributed by atoms with Crippen LogP contribution in [0.1, 0.15) is 37.9 Å². The molecule has 0 saturated carbocycles. The van der Waals surface area contributed by atoms with E-state index in [1.54, 1.807) is 31.2 Å². The number of aryl methyl sites for hydroxylation is 2. The highest BCUT2D eigenvalue weighted by molar-refractivity contribution is 7.20. The number of pyridine rings is 1. The van der Waals surface area contributed by atoms with Gasteiger partial charge in [-0.1, -0.05) is 11.6 Å². The molecule has 4 heterocycles. The van der Waals surface area contributed by atoms with Crippen molar-refractivity contribution in [3.8, 4) is 22.9 Å². The average molecular weight is 741 g/mol. The van der Waals surface area contributed by atoms with Crippen molar-refractivity contribution in [2.24, 2.45) is 0 Å². The van der Waals surface area contributed by atoms with Gasteiger partial charge in [0.1, 0.15) is 24.3 Å². The molecule has 0 spiro atoms. The number of benzene rings is 2. The zero-order valence-corrected chi connectivity index (χ0v) is 29.6. The van der Waals surface area contributed by atoms with Gasteiger partial charge in [-0.2, -0.15) is 18.4 Å². The lowest BCUT2D eigenvalue weighted by Crippen LogP contribution is -2.45. The van der Waals surface area contributed by atoms with Crippen LogP contribution in [0.15, 0.2) is 35.1 Å². The summed E-state index contributed by atoms with van der Waals surface area (Å²) < 4.78 is 56.6. The number of halogens is 4. The summed E-state index contributed by atoms with van der Waals surface area (Å²) in [7, 11) is 3.37. The van der Waals surface area contributed by atoms with Gasteiger partial charge in [-0.05, 0) is 51.2 Å². The first-order chi connectivity index (χ1) is 24.2. The number of thiophene rings is 1. The van der Waals surface area contributed by atoms with E-state index < -0.39 is 23.3 Å². The Hall–Kier alpha value is -4.75. The Morgan fingerprint density at radius 3 is 2.49 bits per heavy atom. The molecular formula is C35H32ClF3N6O5S. The third kappa shape index (κ3) is 6.84. The highest BCUT2D eigenvalue weighted by atomic mass is 35.5. The van der Waals surface area contributed by atoms with E-state index in [1.807, 2.05) is 18.0 Å². The van der Waals surface area contributed by atoms with Crippen molar-refractivity contribution in [1.29, 1.82) is 5.26 Å². The second kappa shape index (κ2) is 14.1. The van der Waals surface area contributed by atoms with Crippen molar-refractivity contribution in [2.75, 3.05) is 51.8 Å². The lowest BCUT2D eigenvalue weighted by atomic mass is 10.00. The zero-order valence-electron chi connectivity index (χ0n) is 28.0. The summed E-state index contributed by atoms with van der Waals surface area (Å²) in [6, 6.07) is 9.50. The van der Waals surface area contributed by atoms with Crippen LogP contribution in [0.25, 0.3) is 32.2 Å². The Kier molecular flexibility index (Phi) is 9.97. The summed E-state index contributed by atoms with van der Waals surface area (Å²) in [6.07, 6.45) is -4.78. The fourth-order valence-corrected chi connectivity index (χ4v) is 7.70. The highest BCUT2D eigenvalue weighted by Gasteiger charge is 2.39. The number of alkyl halides is 3. The molecule has 1 saturated heterocycles. The number of carboxylic acid groups (broad SMARTS) is 1. The van der Waals surface area contributed by atoms with Gasteiger partial charge in [0.15, 0.2) is 0 Å². The van der Waals surface area contributed by atoms with Crippen LogP contribution in [0.2, 0.25) is 5.02 Å². The van der Waals surface area contributed by atoms with Gasteiger partial charge in [-0.15, -0.1) is 11.3 Å². The number of piperazine rings is 1. The number of aromatic carboxylic acids is 1. The molecule has 11 nitrogen and oxygen atoms in total. The van der Waals surface area contributed by atoms with Crippen LogP contribution in [0.3, 0.4) is 0 Å². The number of rotatable bonds is 9. The molecule has 1 aliphatic heterocycles. The number of nitrogens with zero attached hydrogens (tertiary/aromatic N) is 6. The SMILES string of the molecule is COCc1cc(-c2cc(Cl)ccc2OCCn2c(C)nc3cc(C(F)(F)F)c(N4CCN(C)CC4)c(C#N)c3c2=O)c2sc(C)c(C(=O)O)c2n1. The van der Waals surface area contributed by atoms with Crippen LogP contribution in [-0.2, 0) is 24.1 Å². The second-order valence-corrected chi connectivity index (χ2v) is 13.8. The quantitative estimate of drug-likeness (QED) is 0.178. The fraction of sp³-hybridized carbons (Fsp3) is 0.343. The minimum absolute atomic E-state index is 0.0483. The van der Waals surface area contributed by atoms with Gasteiger partial charge in [0.25, 0.3) is 5.56 Å². The van der Waals surface area contributed by atoms with E-state index in [0.717, 1.165) is 6.07 Å². The zero-order chi connectivity index (χ0) is 36.8. The number of carboxylic acids is 1. The molecule has 16 heteroatoms. The van der Waals surface area contributed by atoms with Crippen LogP contribution in [0.4, 0.5) is 18.9 Å². The van der Waals surface area contributed by atoms with Crippen LogP contribution in [-0.4, -0.2) is 77.5 Å². The number of methoxy groups -OCH3 is 1. The monoisotopic (exact) mass is 740 g/mol. The third-order valence-corrected chi connectivity index (χ3v) is 10.2. The summed E-state index contributed by atoms with van der Waals surface area (Å²) >= 11 is 7.71. The van der Waals surface area contributed by atoms with Gasteiger partial charge in [-0.25, -0.2) is 14.8 Å². The summed E-state index contributed by atoms with van der Waals surface area (Å²) in [5, 5.41) is 20.4. The minimum Gasteiger partial charge on any atom is -0.491 e. The van der Waals surface area contributed by atoms with Gasteiger partial charge in [-0.3, -0.25) is 9.36 Å². The summed E-state index contributed by atoms with van der Waals surface area (Å²) in [6.45, 7) is 4.71. The maximum atomic E-state index is 14.4. The molecule has 0 atom stereocenters. The van der Waals surface area contributed by atoms with Crippen molar-refractivity contribution in [3.63, 3.8) is 0 Å². The maximum Gasteiger partial charge on any atom is 0.418 e. The van der Waals surface area contributed by atoms with E-state index in [9.17, 15) is 33.1 Å². The van der Waals surface area contributed by atoms with E-state index in [2.05, 4.69) is 9.97 Å². The van der Waals surface area contributed by atoms with Crippen LogP contribution >= 0.6 is 22.9 Å². The third-order valence-electron chi connectivity index (χ3n) is 8.83. The number of likely N-dealkylation sites (N-methyl/N-ethyl adjacent to an activating group) is 1. The molecule has 1 N–H and O–H groups in total. The van der Waals surface area contributed by atoms with E-state index in [-0.39, 0.29) is 66.4 Å². The first kappa shape index (κ1) is 36.1. The molecule has 266 valence electrons. The standard InChI is InChI=1S/C35H32ClF3N6O5S/c1-18-28(34(47)48)30-32(51-18)23(14-21(42-30)17-49-4)22-13-20(36)5-6-27(22)50-12-11-45-19(2)41-26-15-25(35(37,38)39)31(24(16-40)29(26)33(45)46)44-9-7-43(3)8-10-44/h5-6,13-15H,7-12,17H2,1-4H3,(H,47,48). The predicted octanol–water partition coefficient (Wildman–Crippen LogP) is 6.51. The molecule has 1 aliphatic rings. The molecular weight excluding hydrogens is 709 g/mol. The van der Waals surface area contributed by atoms with E-state index in [1.165, 1.54) is 34.8 Å². The minimum atomic E-state index is -4.78. The first-order valence-electron chi connectivity index (χ1n) is 15.8. The van der Waals surface area contributed by atoms with Crippen molar-refractivity contribution in [3.05, 3.63) is 78.8 Å². The second-order valence-electron chi connectivity index (χ2n) is 12.2. The summed E-state index contributed by atoms with van der Waals surface area (Å²) in [5.41, 5.74) is -0.482. The van der Waals surface area contributed by atoms with Crippen LogP contribution in [0.5, 0.6) is 5.75 Å². The molecule has 3 aromatic heterocycles. The Balaban J connectivity index is 1.40. The van der Waals surface area contributed by atoms with E-state index in [4.69, 9.17) is 21.1 Å². The molecule has 0 amide bonds. The van der Waals surface area contributed by atoms with Gasteiger partial charge >= 0.3 is 12.1 Å². The van der Waals surface area contributed by atoms with Crippen molar-refractivity contribution < 1.29 is 32.5 Å². The smallest absolute Gasteiger partial charge is 0.418 e. The Bertz CT molecular complexity index is 2290. The maximum absolute atomic E-state index is 14.4. The average Bonchev–Trinajstić information content (AvgIpc) is 3.41. The lowest BCUT2D eigenvalue weighted by Gasteiger charge is -2.36. The van der Waals surface area contributed by atoms with E-state index in [0.29, 0.717) is 55.8 Å². The van der Waals surface area contributed by atoms with Gasteiger partial charge in [0.05, 0.1) is 62.3 Å². The van der Waals surface area contributed by atoms with Crippen molar-refractivity contribution in [2.45, 2.75) is 33.2 Å². The molecule has 0 aliphatic carbocycles. The summed E-state index contributed by atoms with van der Waals surface area (Å²) in [4.78, 5) is 39.1. The molecule has 5 aromatic rings. The molecule has 51 heavy (non-hydrogen) atoms. The van der Waals surface area contributed by atoms with Gasteiger partial charge in [0.2, 0.25) is 0 Å². The van der Waals surface area contributed by atoms with Crippen molar-refractivity contribution >= 4 is 55.7 Å². The largest absolute Gasteiger partial charge is 0.491 e. The molecule has 0 radical (unpaired) electrons. The highest BCUT2D eigenvalue weighted by Crippen LogP contribution is 2.43. The fourth-order valence-electron chi connectivity index (χ4n) is 6.42. The molecule has 1 fully saturated rings. The Labute approximate surface area is 299 Å². The molecule has 0 unspecified atom stereocenters. The Morgan fingerprint density at radius 2 is 1.84 bits per heavy atom. The topological polar surface area (TPSA) is 134 Å². The number of carbonyl (C=O) groups is 1. The van der Waals surface area contributed by atoms with Gasteiger partial charge in [0, 0.05) is 54.3 Å². The van der Waals surface area contributed by atoms with E-state index >= 15 is 0 Å². The summed E-state index contributed by atoms with van der Waals surface area (Å²) in [5.74, 6) is -0.585. The normalized spacial score (nSPS) is 14.0. The van der Waals surface area contributed by atoms with Crippen molar-refractivity contribution in [1.82, 2.24) is 19.4 Å². The Morgan fingerprint density at radius 1 is 1.12 bits per heavy atom.